The van der Waals surface area contributed by atoms with E-state index in [1.165, 1.54) is 16.7 Å². The third kappa shape index (κ3) is 5.81. The van der Waals surface area contributed by atoms with Gasteiger partial charge in [-0.15, -0.1) is 0 Å². The Labute approximate surface area is 209 Å². The van der Waals surface area contributed by atoms with Crippen LogP contribution in [0.25, 0.3) is 0 Å². The van der Waals surface area contributed by atoms with E-state index >= 15 is 0 Å². The number of methoxy groups -OCH3 is 1. The van der Waals surface area contributed by atoms with Gasteiger partial charge in [-0.2, -0.15) is 0 Å². The Morgan fingerprint density at radius 3 is 2.26 bits per heavy atom. The number of ether oxygens (including phenoxy) is 1. The third-order valence-corrected chi connectivity index (χ3v) is 6.75. The molecular formula is C29H36N4O2. The molecular weight excluding hydrogens is 436 g/mol. The van der Waals surface area contributed by atoms with Gasteiger partial charge in [0.05, 0.1) is 7.11 Å². The third-order valence-electron chi connectivity index (χ3n) is 6.75. The molecule has 6 nitrogen and oxygen atoms in total. The minimum atomic E-state index is 0.112. The molecule has 0 saturated carbocycles. The normalized spacial score (nSPS) is 14.1. The van der Waals surface area contributed by atoms with E-state index in [0.717, 1.165) is 74.0 Å². The van der Waals surface area contributed by atoms with E-state index in [0.29, 0.717) is 6.54 Å². The first kappa shape index (κ1) is 24.7. The fourth-order valence-corrected chi connectivity index (χ4v) is 4.72. The Balaban J connectivity index is 1.55. The van der Waals surface area contributed by atoms with E-state index in [1.807, 2.05) is 36.1 Å². The highest BCUT2D eigenvalue weighted by Crippen LogP contribution is 2.27. The number of aromatic nitrogens is 2. The molecule has 0 atom stereocenters. The van der Waals surface area contributed by atoms with Gasteiger partial charge >= 0.3 is 0 Å². The Morgan fingerprint density at radius 2 is 1.60 bits per heavy atom. The summed E-state index contributed by atoms with van der Waals surface area (Å²) in [6.45, 7) is 9.30. The Morgan fingerprint density at radius 1 is 0.886 bits per heavy atom. The van der Waals surface area contributed by atoms with Gasteiger partial charge in [0.2, 0.25) is 0 Å². The van der Waals surface area contributed by atoms with Gasteiger partial charge in [0.1, 0.15) is 17.4 Å². The summed E-state index contributed by atoms with van der Waals surface area (Å²) in [4.78, 5) is 27.2. The van der Waals surface area contributed by atoms with E-state index in [-0.39, 0.29) is 5.91 Å². The molecule has 0 spiro atoms. The van der Waals surface area contributed by atoms with Crippen LogP contribution in [0.2, 0.25) is 0 Å². The zero-order valence-corrected chi connectivity index (χ0v) is 21.4. The summed E-state index contributed by atoms with van der Waals surface area (Å²) in [6.07, 6.45) is 3.51. The van der Waals surface area contributed by atoms with Crippen LogP contribution in [0.5, 0.6) is 5.75 Å². The summed E-state index contributed by atoms with van der Waals surface area (Å²) >= 11 is 0. The van der Waals surface area contributed by atoms with Crippen LogP contribution in [0, 0.1) is 6.92 Å². The highest BCUT2D eigenvalue weighted by atomic mass is 16.5. The maximum Gasteiger partial charge on any atom is 0.253 e. The van der Waals surface area contributed by atoms with E-state index < -0.39 is 0 Å². The molecule has 1 saturated heterocycles. The molecule has 4 rings (SSSR count). The molecule has 184 valence electrons. The van der Waals surface area contributed by atoms with Crippen LogP contribution in [-0.4, -0.2) is 54.1 Å². The van der Waals surface area contributed by atoms with Gasteiger partial charge in [-0.05, 0) is 61.6 Å². The molecule has 1 aliphatic heterocycles. The number of hydrogen-bond acceptors (Lipinski definition) is 5. The Kier molecular flexibility index (Phi) is 8.01. The van der Waals surface area contributed by atoms with E-state index in [9.17, 15) is 4.79 Å². The van der Waals surface area contributed by atoms with Crippen LogP contribution in [0.3, 0.4) is 0 Å². The van der Waals surface area contributed by atoms with Gasteiger partial charge in [-0.25, -0.2) is 9.97 Å². The van der Waals surface area contributed by atoms with Crippen molar-refractivity contribution < 1.29 is 9.53 Å². The summed E-state index contributed by atoms with van der Waals surface area (Å²) in [6, 6.07) is 16.2. The lowest BCUT2D eigenvalue weighted by atomic mass is 10.0. The lowest BCUT2D eigenvalue weighted by Crippen LogP contribution is -2.35. The zero-order chi connectivity index (χ0) is 24.8. The zero-order valence-electron chi connectivity index (χ0n) is 21.4. The maximum absolute atomic E-state index is 13.2. The molecule has 0 N–H and O–H groups in total. The lowest BCUT2D eigenvalue weighted by Gasteiger charge is -2.26. The van der Waals surface area contributed by atoms with E-state index in [2.05, 4.69) is 43.0 Å². The molecule has 6 heteroatoms. The number of benzene rings is 2. The molecule has 1 fully saturated rings. The molecule has 0 unspecified atom stereocenters. The molecule has 1 aliphatic rings. The van der Waals surface area contributed by atoms with Gasteiger partial charge in [0.25, 0.3) is 5.91 Å². The largest absolute Gasteiger partial charge is 0.497 e. The van der Waals surface area contributed by atoms with Crippen molar-refractivity contribution in [1.82, 2.24) is 14.9 Å². The van der Waals surface area contributed by atoms with Crippen LogP contribution >= 0.6 is 0 Å². The fraction of sp³-hybridized carbons (Fsp3) is 0.414. The topological polar surface area (TPSA) is 58.6 Å². The molecule has 2 aromatic carbocycles. The van der Waals surface area contributed by atoms with Gasteiger partial charge in [-0.1, -0.05) is 38.1 Å². The summed E-state index contributed by atoms with van der Waals surface area (Å²) < 4.78 is 5.32. The maximum atomic E-state index is 13.2. The van der Waals surface area contributed by atoms with Crippen LogP contribution in [0.1, 0.15) is 58.8 Å². The van der Waals surface area contributed by atoms with Crippen LogP contribution < -0.4 is 9.64 Å². The van der Waals surface area contributed by atoms with E-state index in [4.69, 9.17) is 14.7 Å². The second-order valence-corrected chi connectivity index (χ2v) is 9.08. The van der Waals surface area contributed by atoms with E-state index in [1.54, 1.807) is 7.11 Å². The molecule has 2 heterocycles. The van der Waals surface area contributed by atoms with Crippen molar-refractivity contribution in [3.8, 4) is 5.75 Å². The molecule has 1 aromatic heterocycles. The minimum absolute atomic E-state index is 0.112. The highest BCUT2D eigenvalue weighted by Gasteiger charge is 2.24. The summed E-state index contributed by atoms with van der Waals surface area (Å²) in [7, 11) is 1.68. The fourth-order valence-electron chi connectivity index (χ4n) is 4.72. The van der Waals surface area contributed by atoms with Gasteiger partial charge in [0, 0.05) is 49.4 Å². The Bertz CT molecular complexity index is 1140. The predicted molar refractivity (Wildman–Crippen MR) is 141 cm³/mol. The van der Waals surface area contributed by atoms with Crippen LogP contribution in [0.4, 0.5) is 5.82 Å². The summed E-state index contributed by atoms with van der Waals surface area (Å²) in [5, 5.41) is 0. The van der Waals surface area contributed by atoms with Crippen LogP contribution in [0.15, 0.2) is 48.5 Å². The molecule has 0 radical (unpaired) electrons. The smallest absolute Gasteiger partial charge is 0.253 e. The number of hydrogen-bond donors (Lipinski definition) is 0. The lowest BCUT2D eigenvalue weighted by molar-refractivity contribution is 0.0767. The summed E-state index contributed by atoms with van der Waals surface area (Å²) in [5.41, 5.74) is 5.49. The first-order valence-corrected chi connectivity index (χ1v) is 12.6. The number of nitrogens with zero attached hydrogens (tertiary/aromatic N) is 4. The first-order valence-electron chi connectivity index (χ1n) is 12.6. The quantitative estimate of drug-likeness (QED) is 0.491. The van der Waals surface area contributed by atoms with Crippen molar-refractivity contribution in [2.75, 3.05) is 38.2 Å². The number of anilines is 1. The van der Waals surface area contributed by atoms with Crippen molar-refractivity contribution >= 4 is 11.7 Å². The minimum Gasteiger partial charge on any atom is -0.497 e. The number of aryl methyl sites for hydroxylation is 3. The van der Waals surface area contributed by atoms with Crippen molar-refractivity contribution in [3.05, 3.63) is 82.3 Å². The van der Waals surface area contributed by atoms with Crippen molar-refractivity contribution in [2.24, 2.45) is 0 Å². The standard InChI is InChI=1S/C29H36N4O2/c1-5-22-8-12-24(13-9-22)29(34)33-17-7-16-32(18-19-33)28-26(27(6-2)30-21(3)31-28)20-23-10-14-25(35-4)15-11-23/h8-15H,5-7,16-20H2,1-4H3. The van der Waals surface area contributed by atoms with Crippen molar-refractivity contribution in [3.63, 3.8) is 0 Å². The number of rotatable bonds is 7. The number of carbonyl (C=O) groups excluding carboxylic acids is 1. The van der Waals surface area contributed by atoms with Gasteiger partial charge in [0.15, 0.2) is 0 Å². The second-order valence-electron chi connectivity index (χ2n) is 9.08. The number of carbonyl (C=O) groups is 1. The predicted octanol–water partition coefficient (Wildman–Crippen LogP) is 4.86. The van der Waals surface area contributed by atoms with Gasteiger partial charge in [-0.3, -0.25) is 4.79 Å². The monoisotopic (exact) mass is 472 g/mol. The highest BCUT2D eigenvalue weighted by molar-refractivity contribution is 5.94. The molecule has 35 heavy (non-hydrogen) atoms. The Hall–Kier alpha value is -3.41. The molecule has 1 amide bonds. The average molecular weight is 473 g/mol. The summed E-state index contributed by atoms with van der Waals surface area (Å²) in [5.74, 6) is 2.77. The molecule has 0 aliphatic carbocycles. The first-order chi connectivity index (χ1) is 17.0. The van der Waals surface area contributed by atoms with Crippen molar-refractivity contribution in [1.29, 1.82) is 0 Å². The molecule has 0 bridgehead atoms. The SMILES string of the molecule is CCc1ccc(C(=O)N2CCCN(c3nc(C)nc(CC)c3Cc3ccc(OC)cc3)CC2)cc1. The molecule has 3 aromatic rings. The number of amides is 1. The van der Waals surface area contributed by atoms with Crippen LogP contribution in [-0.2, 0) is 19.3 Å². The van der Waals surface area contributed by atoms with Crippen molar-refractivity contribution in [2.45, 2.75) is 46.5 Å². The van der Waals surface area contributed by atoms with Gasteiger partial charge < -0.3 is 14.5 Å². The average Bonchev–Trinajstić information content (AvgIpc) is 3.15. The second kappa shape index (κ2) is 11.3.